The Balaban J connectivity index is 0.000000405. The van der Waals surface area contributed by atoms with Crippen LogP contribution in [-0.2, 0) is 20.6 Å². The van der Waals surface area contributed by atoms with Crippen molar-refractivity contribution in [3.05, 3.63) is 65.7 Å². The van der Waals surface area contributed by atoms with Gasteiger partial charge in [0.15, 0.2) is 0 Å². The van der Waals surface area contributed by atoms with Crippen LogP contribution < -0.4 is 9.97 Å². The molecule has 5 rings (SSSR count). The fourth-order valence-corrected chi connectivity index (χ4v) is 5.65. The van der Waals surface area contributed by atoms with Gasteiger partial charge < -0.3 is 24.3 Å². The first kappa shape index (κ1) is 37.8. The molecule has 0 saturated carbocycles. The third kappa shape index (κ3) is 11.0. The molecule has 3 aliphatic heterocycles. The third-order valence-electron chi connectivity index (χ3n) is 8.21. The second-order valence-corrected chi connectivity index (χ2v) is 12.7. The van der Waals surface area contributed by atoms with Crippen LogP contribution in [0, 0.1) is 24.2 Å². The van der Waals surface area contributed by atoms with E-state index in [1.807, 2.05) is 62.1 Å². The summed E-state index contributed by atoms with van der Waals surface area (Å²) in [5.41, 5.74) is 1.13. The van der Waals surface area contributed by atoms with E-state index in [0.717, 1.165) is 18.4 Å². The van der Waals surface area contributed by atoms with E-state index in [2.05, 4.69) is 18.2 Å². The fraction of sp³-hybridized carbons (Fsp3) is 0.486. The van der Waals surface area contributed by atoms with Crippen LogP contribution in [0.5, 0.6) is 5.75 Å². The molecule has 2 amide bonds. The maximum atomic E-state index is 12.8. The van der Waals surface area contributed by atoms with Gasteiger partial charge in [-0.2, -0.15) is 5.26 Å². The van der Waals surface area contributed by atoms with Crippen molar-refractivity contribution in [3.8, 4) is 24.7 Å². The van der Waals surface area contributed by atoms with E-state index in [4.69, 9.17) is 19.3 Å². The van der Waals surface area contributed by atoms with Gasteiger partial charge in [0.05, 0.1) is 30.2 Å². The number of terminal acetylenes is 1. The topological polar surface area (TPSA) is 121 Å². The Labute approximate surface area is 281 Å². The zero-order valence-corrected chi connectivity index (χ0v) is 27.7. The van der Waals surface area contributed by atoms with Crippen LogP contribution in [0.25, 0.3) is 0 Å². The Morgan fingerprint density at radius 1 is 1.10 bits per heavy atom. The van der Waals surface area contributed by atoms with Gasteiger partial charge in [-0.1, -0.05) is 42.5 Å². The van der Waals surface area contributed by atoms with E-state index in [1.165, 1.54) is 0 Å². The number of alkyl halides is 2. The lowest BCUT2D eigenvalue weighted by molar-refractivity contribution is -0.134. The van der Waals surface area contributed by atoms with Gasteiger partial charge >= 0.3 is 19.2 Å². The number of fused-ring (bicyclic) bond motifs is 1. The lowest BCUT2D eigenvalue weighted by Crippen LogP contribution is -2.55. The van der Waals surface area contributed by atoms with Crippen molar-refractivity contribution in [2.24, 2.45) is 0 Å². The van der Waals surface area contributed by atoms with Crippen LogP contribution in [-0.4, -0.2) is 84.6 Å². The summed E-state index contributed by atoms with van der Waals surface area (Å²) in [7, 11) is -1.05. The predicted molar refractivity (Wildman–Crippen MR) is 177 cm³/mol. The van der Waals surface area contributed by atoms with Crippen molar-refractivity contribution in [3.63, 3.8) is 0 Å². The van der Waals surface area contributed by atoms with Gasteiger partial charge in [0.2, 0.25) is 5.91 Å². The molecule has 2 aromatic carbocycles. The highest BCUT2D eigenvalue weighted by Crippen LogP contribution is 2.31. The lowest BCUT2D eigenvalue weighted by atomic mass is 9.73. The number of rotatable bonds is 7. The van der Waals surface area contributed by atoms with Gasteiger partial charge in [0, 0.05) is 25.0 Å². The van der Waals surface area contributed by atoms with Gasteiger partial charge in [-0.15, -0.1) is 12.8 Å². The second-order valence-electron chi connectivity index (χ2n) is 12.7. The number of alkyl carbamates (subject to hydrolysis) is 1. The number of halogens is 2. The van der Waals surface area contributed by atoms with Crippen molar-refractivity contribution in [1.29, 1.82) is 5.26 Å². The number of nitrogens with one attached hydrogen (secondary N) is 1. The summed E-state index contributed by atoms with van der Waals surface area (Å²) in [6.07, 6.45) is 9.91. The maximum Gasteiger partial charge on any atom is 0.621 e. The number of nitriles is 1. The zero-order valence-electron chi connectivity index (χ0n) is 27.7. The van der Waals surface area contributed by atoms with E-state index in [9.17, 15) is 23.2 Å². The summed E-state index contributed by atoms with van der Waals surface area (Å²) in [5, 5.41) is 11.6. The highest BCUT2D eigenvalue weighted by Gasteiger charge is 2.43. The van der Waals surface area contributed by atoms with E-state index in [0.29, 0.717) is 37.2 Å². The monoisotopic (exact) mass is 664 g/mol. The molecule has 10 nitrogen and oxygen atoms in total. The summed E-state index contributed by atoms with van der Waals surface area (Å²) < 4.78 is 42.3. The predicted octanol–water partition coefficient (Wildman–Crippen LogP) is 5.27. The zero-order chi connectivity index (χ0) is 35.3. The standard InChI is InChI=1S/C25H26BN3O6.C8H15F2N.C2H2/c27-14-13-23(30)29-15-7-6-10-19(29)17-33-25(32)28-22(16-18-8-2-1-3-9-18)26-34-21-12-5-4-11-20(21)24(31)35-26;1-7(2,3)11-5-4-8(9,10)6-11;1-2/h1-5,8-9,11-12,19,22H,6-7,10,13,15-17H2,(H,28,32);4-6H2,1-3H3;1-2H. The minimum Gasteiger partial charge on any atom is -0.524 e. The van der Waals surface area contributed by atoms with Crippen LogP contribution in [0.4, 0.5) is 13.6 Å². The molecule has 0 aromatic heterocycles. The Kier molecular flexibility index (Phi) is 13.8. The summed E-state index contributed by atoms with van der Waals surface area (Å²) in [6.45, 7) is 6.90. The van der Waals surface area contributed by atoms with Crippen molar-refractivity contribution >= 4 is 25.1 Å². The molecular formula is C35H43BF2N4O6. The molecular weight excluding hydrogens is 621 g/mol. The minimum absolute atomic E-state index is 0.00913. The average molecular weight is 665 g/mol. The number of hydrogen-bond donors (Lipinski definition) is 1. The summed E-state index contributed by atoms with van der Waals surface area (Å²) in [6, 6.07) is 17.8. The maximum absolute atomic E-state index is 12.8. The quantitative estimate of drug-likeness (QED) is 0.314. The Morgan fingerprint density at radius 2 is 1.79 bits per heavy atom. The number of carbonyl (C=O) groups is 3. The van der Waals surface area contributed by atoms with E-state index in [1.54, 1.807) is 29.2 Å². The molecule has 256 valence electrons. The summed E-state index contributed by atoms with van der Waals surface area (Å²) in [4.78, 5) is 41.0. The Hall–Kier alpha value is -4.62. The molecule has 1 N–H and O–H groups in total. The van der Waals surface area contributed by atoms with Gasteiger partial charge in [0.1, 0.15) is 18.8 Å². The molecule has 2 atom stereocenters. The van der Waals surface area contributed by atoms with Gasteiger partial charge in [-0.3, -0.25) is 9.69 Å². The van der Waals surface area contributed by atoms with Crippen molar-refractivity contribution in [2.75, 3.05) is 26.2 Å². The lowest BCUT2D eigenvalue weighted by Gasteiger charge is -2.35. The van der Waals surface area contributed by atoms with Crippen LogP contribution >= 0.6 is 0 Å². The molecule has 0 spiro atoms. The molecule has 2 aromatic rings. The van der Waals surface area contributed by atoms with Gasteiger partial charge in [0.25, 0.3) is 5.92 Å². The highest BCUT2D eigenvalue weighted by molar-refractivity contribution is 6.51. The molecule has 13 heteroatoms. The first-order valence-electron chi connectivity index (χ1n) is 15.9. The Bertz CT molecular complexity index is 1450. The fourth-order valence-electron chi connectivity index (χ4n) is 5.65. The van der Waals surface area contributed by atoms with Crippen LogP contribution in [0.1, 0.15) is 68.8 Å². The molecule has 3 heterocycles. The van der Waals surface area contributed by atoms with E-state index >= 15 is 0 Å². The third-order valence-corrected chi connectivity index (χ3v) is 8.21. The first-order chi connectivity index (χ1) is 22.9. The van der Waals surface area contributed by atoms with Crippen molar-refractivity contribution < 1.29 is 37.2 Å². The SMILES string of the molecule is C#C.CC(C)(C)N1CCC(F)(F)C1.N#CCC(=O)N1CCCCC1COC(=O)NC(Cc1ccccc1)B1OC(=O)c2ccccc2O1. The molecule has 0 bridgehead atoms. The molecule has 2 unspecified atom stereocenters. The van der Waals surface area contributed by atoms with Gasteiger partial charge in [-0.05, 0) is 64.2 Å². The highest BCUT2D eigenvalue weighted by atomic mass is 19.3. The van der Waals surface area contributed by atoms with Crippen LogP contribution in [0.2, 0.25) is 0 Å². The molecule has 3 aliphatic rings. The average Bonchev–Trinajstić information content (AvgIpc) is 3.45. The van der Waals surface area contributed by atoms with E-state index < -0.39 is 31.0 Å². The van der Waals surface area contributed by atoms with Gasteiger partial charge in [-0.25, -0.2) is 18.4 Å². The van der Waals surface area contributed by atoms with Crippen LogP contribution in [0.3, 0.4) is 0 Å². The number of para-hydroxylation sites is 1. The molecule has 2 fully saturated rings. The summed E-state index contributed by atoms with van der Waals surface area (Å²) >= 11 is 0. The molecule has 2 saturated heterocycles. The first-order valence-corrected chi connectivity index (χ1v) is 15.9. The number of hydrogen-bond acceptors (Lipinski definition) is 8. The second kappa shape index (κ2) is 17.5. The number of ether oxygens (including phenoxy) is 1. The molecule has 48 heavy (non-hydrogen) atoms. The minimum atomic E-state index is -2.45. The van der Waals surface area contributed by atoms with Crippen LogP contribution in [0.15, 0.2) is 54.6 Å². The molecule has 0 radical (unpaired) electrons. The van der Waals surface area contributed by atoms with Crippen molar-refractivity contribution in [2.45, 2.75) is 82.7 Å². The number of amides is 2. The number of benzene rings is 2. The molecule has 0 aliphatic carbocycles. The smallest absolute Gasteiger partial charge is 0.524 e. The largest absolute Gasteiger partial charge is 0.621 e. The normalized spacial score (nSPS) is 19.0. The van der Waals surface area contributed by atoms with E-state index in [-0.39, 0.29) is 43.5 Å². The number of likely N-dealkylation sites (tertiary alicyclic amines) is 2. The number of piperidine rings is 1. The number of carbonyl (C=O) groups excluding carboxylic acids is 3. The summed E-state index contributed by atoms with van der Waals surface area (Å²) in [5.74, 6) is -3.57. The Morgan fingerprint density at radius 3 is 2.42 bits per heavy atom. The number of nitrogens with zero attached hydrogens (tertiary/aromatic N) is 3. The van der Waals surface area contributed by atoms with Crippen molar-refractivity contribution in [1.82, 2.24) is 15.1 Å².